The second-order valence-electron chi connectivity index (χ2n) is 7.00. The summed E-state index contributed by atoms with van der Waals surface area (Å²) >= 11 is 0. The van der Waals surface area contributed by atoms with Crippen LogP contribution in [0.25, 0.3) is 0 Å². The van der Waals surface area contributed by atoms with Crippen molar-refractivity contribution in [1.82, 2.24) is 10.2 Å². The fourth-order valence-corrected chi connectivity index (χ4v) is 3.38. The number of fused-ring (bicyclic) bond motifs is 1. The van der Waals surface area contributed by atoms with Gasteiger partial charge >= 0.3 is 6.03 Å². The van der Waals surface area contributed by atoms with Gasteiger partial charge in [0.1, 0.15) is 12.1 Å². The van der Waals surface area contributed by atoms with Crippen molar-refractivity contribution in [1.29, 1.82) is 0 Å². The Morgan fingerprint density at radius 2 is 1.90 bits per heavy atom. The molecule has 152 valence electrons. The third-order valence-corrected chi connectivity index (χ3v) is 5.01. The van der Waals surface area contributed by atoms with Crippen LogP contribution in [0.3, 0.4) is 0 Å². The Bertz CT molecular complexity index is 950. The number of carbonyl (C=O) groups excluding carboxylic acids is 2. The molecule has 2 aliphatic rings. The molecule has 3 amide bonds. The summed E-state index contributed by atoms with van der Waals surface area (Å²) in [7, 11) is 0. The van der Waals surface area contributed by atoms with Crippen LogP contribution in [0.4, 0.5) is 9.18 Å². The molecule has 0 bridgehead atoms. The Morgan fingerprint density at radius 3 is 2.69 bits per heavy atom. The lowest BCUT2D eigenvalue weighted by Gasteiger charge is -2.23. The van der Waals surface area contributed by atoms with Gasteiger partial charge in [0.15, 0.2) is 23.1 Å². The molecule has 2 aromatic carbocycles. The van der Waals surface area contributed by atoms with E-state index in [1.807, 2.05) is 0 Å². The van der Waals surface area contributed by atoms with Gasteiger partial charge in [-0.1, -0.05) is 18.2 Å². The fraction of sp³-hybridized carbons (Fsp3) is 0.333. The molecule has 0 saturated carbocycles. The van der Waals surface area contributed by atoms with Gasteiger partial charge in [0, 0.05) is 6.42 Å². The van der Waals surface area contributed by atoms with Gasteiger partial charge in [-0.25, -0.2) is 9.18 Å². The van der Waals surface area contributed by atoms with Crippen LogP contribution < -0.4 is 19.5 Å². The maximum atomic E-state index is 13.6. The molecule has 2 heterocycles. The first-order valence-electron chi connectivity index (χ1n) is 9.40. The third-order valence-electron chi connectivity index (χ3n) is 5.01. The molecule has 7 nitrogen and oxygen atoms in total. The average molecular weight is 400 g/mol. The molecule has 0 aromatic heterocycles. The van der Waals surface area contributed by atoms with Crippen molar-refractivity contribution in [3.8, 4) is 17.2 Å². The number of urea groups is 1. The van der Waals surface area contributed by atoms with Crippen molar-refractivity contribution >= 4 is 11.9 Å². The Kier molecular flexibility index (Phi) is 5.00. The molecule has 2 aliphatic heterocycles. The van der Waals surface area contributed by atoms with Gasteiger partial charge in [0.25, 0.3) is 5.91 Å². The van der Waals surface area contributed by atoms with Gasteiger partial charge in [0.2, 0.25) is 0 Å². The second kappa shape index (κ2) is 7.62. The molecule has 8 heteroatoms. The van der Waals surface area contributed by atoms with E-state index in [0.717, 1.165) is 11.3 Å². The van der Waals surface area contributed by atoms with Crippen LogP contribution in [-0.4, -0.2) is 43.2 Å². The molecule has 1 fully saturated rings. The summed E-state index contributed by atoms with van der Waals surface area (Å²) in [5, 5.41) is 2.74. The molecular formula is C21H21FN2O5. The fourth-order valence-electron chi connectivity index (χ4n) is 3.38. The lowest BCUT2D eigenvalue weighted by Crippen LogP contribution is -2.41. The lowest BCUT2D eigenvalue weighted by molar-refractivity contribution is -0.131. The van der Waals surface area contributed by atoms with E-state index in [-0.39, 0.29) is 18.9 Å². The molecule has 0 unspecified atom stereocenters. The average Bonchev–Trinajstić information content (AvgIpc) is 2.87. The topological polar surface area (TPSA) is 77.1 Å². The van der Waals surface area contributed by atoms with Crippen LogP contribution in [0.5, 0.6) is 17.2 Å². The highest BCUT2D eigenvalue weighted by atomic mass is 19.1. The number of hydrogen-bond donors (Lipinski definition) is 1. The maximum absolute atomic E-state index is 13.6. The first-order valence-corrected chi connectivity index (χ1v) is 9.40. The van der Waals surface area contributed by atoms with Crippen LogP contribution in [-0.2, 0) is 10.3 Å². The van der Waals surface area contributed by atoms with Crippen molar-refractivity contribution in [3.63, 3.8) is 0 Å². The predicted octanol–water partition coefficient (Wildman–Crippen LogP) is 2.83. The van der Waals surface area contributed by atoms with E-state index in [1.54, 1.807) is 37.3 Å². The molecule has 0 radical (unpaired) electrons. The number of para-hydroxylation sites is 1. The van der Waals surface area contributed by atoms with E-state index >= 15 is 0 Å². The number of hydrogen-bond acceptors (Lipinski definition) is 5. The summed E-state index contributed by atoms with van der Waals surface area (Å²) in [6, 6.07) is 10.6. The molecule has 1 atom stereocenters. The Balaban J connectivity index is 1.48. The quantitative estimate of drug-likeness (QED) is 0.781. The van der Waals surface area contributed by atoms with E-state index in [4.69, 9.17) is 14.2 Å². The van der Waals surface area contributed by atoms with Gasteiger partial charge in [0.05, 0.1) is 19.8 Å². The summed E-state index contributed by atoms with van der Waals surface area (Å²) in [6.45, 7) is 2.71. The summed E-state index contributed by atoms with van der Waals surface area (Å²) in [4.78, 5) is 26.5. The van der Waals surface area contributed by atoms with Crippen LogP contribution >= 0.6 is 0 Å². The van der Waals surface area contributed by atoms with E-state index in [0.29, 0.717) is 30.3 Å². The number of ether oxygens (including phenoxy) is 3. The predicted molar refractivity (Wildman–Crippen MR) is 102 cm³/mol. The standard InChI is InChI=1S/C21H21FN2O5/c1-21(14-7-8-17-18(13-14)28-11-4-10-27-17)19(25)24(20(26)23-21)9-12-29-16-6-3-2-5-15(16)22/h2-3,5-8,13H,4,9-12H2,1H3,(H,23,26)/t21-/m0/s1. The van der Waals surface area contributed by atoms with Crippen LogP contribution in [0.15, 0.2) is 42.5 Å². The summed E-state index contributed by atoms with van der Waals surface area (Å²) in [5.41, 5.74) is -0.641. The minimum atomic E-state index is -1.24. The highest BCUT2D eigenvalue weighted by Gasteiger charge is 2.49. The van der Waals surface area contributed by atoms with Crippen LogP contribution in [0.1, 0.15) is 18.9 Å². The molecule has 0 aliphatic carbocycles. The number of imide groups is 1. The summed E-state index contributed by atoms with van der Waals surface area (Å²) in [5.74, 6) is 0.326. The SMILES string of the molecule is C[C@@]1(c2ccc3c(c2)OCCCO3)NC(=O)N(CCOc2ccccc2F)C1=O. The Labute approximate surface area is 167 Å². The van der Waals surface area contributed by atoms with Crippen molar-refractivity contribution in [3.05, 3.63) is 53.8 Å². The minimum absolute atomic E-state index is 0.000850. The summed E-state index contributed by atoms with van der Waals surface area (Å²) < 4.78 is 30.3. The number of benzene rings is 2. The smallest absolute Gasteiger partial charge is 0.325 e. The molecule has 29 heavy (non-hydrogen) atoms. The zero-order chi connectivity index (χ0) is 20.4. The zero-order valence-corrected chi connectivity index (χ0v) is 15.9. The monoisotopic (exact) mass is 400 g/mol. The van der Waals surface area contributed by atoms with Crippen LogP contribution in [0, 0.1) is 5.82 Å². The molecule has 1 N–H and O–H groups in total. The van der Waals surface area contributed by atoms with Gasteiger partial charge in [-0.15, -0.1) is 0 Å². The largest absolute Gasteiger partial charge is 0.490 e. The number of nitrogens with one attached hydrogen (secondary N) is 1. The van der Waals surface area contributed by atoms with Crippen molar-refractivity contribution in [2.45, 2.75) is 18.9 Å². The number of rotatable bonds is 5. The van der Waals surface area contributed by atoms with E-state index in [1.165, 1.54) is 12.1 Å². The first kappa shape index (κ1) is 19.0. The lowest BCUT2D eigenvalue weighted by atomic mass is 9.91. The highest BCUT2D eigenvalue weighted by molar-refractivity contribution is 6.07. The van der Waals surface area contributed by atoms with Gasteiger partial charge in [-0.3, -0.25) is 9.69 Å². The first-order chi connectivity index (χ1) is 14.0. The third kappa shape index (κ3) is 3.57. The minimum Gasteiger partial charge on any atom is -0.490 e. The highest BCUT2D eigenvalue weighted by Crippen LogP contribution is 2.36. The van der Waals surface area contributed by atoms with Gasteiger partial charge in [-0.2, -0.15) is 0 Å². The van der Waals surface area contributed by atoms with Crippen molar-refractivity contribution < 1.29 is 28.2 Å². The Morgan fingerprint density at radius 1 is 1.14 bits per heavy atom. The number of carbonyl (C=O) groups is 2. The molecule has 0 spiro atoms. The number of halogens is 1. The van der Waals surface area contributed by atoms with Gasteiger partial charge < -0.3 is 19.5 Å². The van der Waals surface area contributed by atoms with Gasteiger partial charge in [-0.05, 0) is 36.8 Å². The Hall–Kier alpha value is -3.29. The van der Waals surface area contributed by atoms with E-state index < -0.39 is 23.3 Å². The normalized spacial score (nSPS) is 21.0. The number of amides is 3. The molecule has 2 aromatic rings. The maximum Gasteiger partial charge on any atom is 0.325 e. The van der Waals surface area contributed by atoms with E-state index in [2.05, 4.69) is 5.32 Å². The van der Waals surface area contributed by atoms with Crippen molar-refractivity contribution in [2.75, 3.05) is 26.4 Å². The van der Waals surface area contributed by atoms with Crippen LogP contribution in [0.2, 0.25) is 0 Å². The summed E-state index contributed by atoms with van der Waals surface area (Å²) in [6.07, 6.45) is 0.771. The molecule has 4 rings (SSSR count). The zero-order valence-electron chi connectivity index (χ0n) is 15.9. The van der Waals surface area contributed by atoms with E-state index in [9.17, 15) is 14.0 Å². The molecular weight excluding hydrogens is 379 g/mol. The second-order valence-corrected chi connectivity index (χ2v) is 7.00. The molecule has 1 saturated heterocycles. The van der Waals surface area contributed by atoms with Crippen molar-refractivity contribution in [2.24, 2.45) is 0 Å². The number of nitrogens with zero attached hydrogens (tertiary/aromatic N) is 1.